The molecular formula is C12H14O8Pd. The van der Waals surface area contributed by atoms with Crippen LogP contribution in [0.5, 0.6) is 0 Å². The van der Waals surface area contributed by atoms with Gasteiger partial charge in [0.15, 0.2) is 0 Å². The molecule has 0 aliphatic carbocycles. The van der Waals surface area contributed by atoms with Crippen LogP contribution in [0.2, 0.25) is 0 Å². The van der Waals surface area contributed by atoms with E-state index in [1.54, 1.807) is 0 Å². The van der Waals surface area contributed by atoms with Crippen LogP contribution in [0.4, 0.5) is 0 Å². The molecule has 0 aromatic heterocycles. The standard InChI is InChI=1S/C12H14O8.Pd/c1-17-9(13)5-7(11(15)19-3)8(12(16)20-4)6-10(14)18-2;/h5H2,1-4H3;/b8-7-;. The average molecular weight is 393 g/mol. The SMILES string of the molecule is COC(=O)C/C(C(=O)OC)=C(/C(=O)OC)[C](=[Pd])C(=O)OC. The topological polar surface area (TPSA) is 105 Å². The van der Waals surface area contributed by atoms with Gasteiger partial charge in [-0.15, -0.1) is 0 Å². The summed E-state index contributed by atoms with van der Waals surface area (Å²) in [5.74, 6) is -3.70. The maximum atomic E-state index is 11.8. The Labute approximate surface area is 131 Å². The van der Waals surface area contributed by atoms with E-state index >= 15 is 0 Å². The van der Waals surface area contributed by atoms with Gasteiger partial charge in [0.1, 0.15) is 0 Å². The molecule has 0 aromatic rings. The van der Waals surface area contributed by atoms with Crippen molar-refractivity contribution in [2.75, 3.05) is 28.4 Å². The normalized spacial score (nSPS) is 11.0. The van der Waals surface area contributed by atoms with E-state index in [-0.39, 0.29) is 9.56 Å². The zero-order valence-corrected chi connectivity index (χ0v) is 13.3. The van der Waals surface area contributed by atoms with Gasteiger partial charge in [-0.1, -0.05) is 0 Å². The fourth-order valence-corrected chi connectivity index (χ4v) is 1.77. The quantitative estimate of drug-likeness (QED) is 0.247. The first-order chi connectivity index (χ1) is 9.83. The molecule has 8 nitrogen and oxygen atoms in total. The number of ether oxygens (including phenoxy) is 4. The van der Waals surface area contributed by atoms with Gasteiger partial charge in [-0.2, -0.15) is 0 Å². The molecular weight excluding hydrogens is 379 g/mol. The molecule has 0 fully saturated rings. The monoisotopic (exact) mass is 392 g/mol. The third kappa shape index (κ3) is 5.21. The van der Waals surface area contributed by atoms with Crippen LogP contribution in [0.3, 0.4) is 0 Å². The minimum atomic E-state index is -1.01. The van der Waals surface area contributed by atoms with E-state index < -0.39 is 35.9 Å². The Morgan fingerprint density at radius 2 is 1.24 bits per heavy atom. The molecule has 0 unspecified atom stereocenters. The molecule has 0 bridgehead atoms. The van der Waals surface area contributed by atoms with Gasteiger partial charge in [0.25, 0.3) is 0 Å². The Kier molecular flexibility index (Phi) is 8.35. The van der Waals surface area contributed by atoms with Crippen LogP contribution >= 0.6 is 0 Å². The van der Waals surface area contributed by atoms with Crippen molar-refractivity contribution in [1.82, 2.24) is 0 Å². The summed E-state index contributed by atoms with van der Waals surface area (Å²) >= 11 is 2.53. The molecule has 0 heterocycles. The average Bonchev–Trinajstić information content (AvgIpc) is 2.51. The van der Waals surface area contributed by atoms with E-state index in [2.05, 4.69) is 37.7 Å². The Bertz CT molecular complexity index is 505. The summed E-state index contributed by atoms with van der Waals surface area (Å²) in [5.41, 5.74) is -0.840. The van der Waals surface area contributed by atoms with Gasteiger partial charge in [-0.05, 0) is 0 Å². The second-order valence-corrected chi connectivity index (χ2v) is 4.14. The van der Waals surface area contributed by atoms with Crippen LogP contribution < -0.4 is 0 Å². The van der Waals surface area contributed by atoms with Gasteiger partial charge < -0.3 is 0 Å². The Hall–Kier alpha value is -1.85. The number of carbonyl (C=O) groups excluding carboxylic acids is 4. The van der Waals surface area contributed by atoms with Crippen LogP contribution in [-0.2, 0) is 56.9 Å². The molecule has 0 rings (SSSR count). The summed E-state index contributed by atoms with van der Waals surface area (Å²) in [4.78, 5) is 46.5. The van der Waals surface area contributed by atoms with Gasteiger partial charge in [0.05, 0.1) is 0 Å². The van der Waals surface area contributed by atoms with Crippen molar-refractivity contribution >= 4 is 27.9 Å². The summed E-state index contributed by atoms with van der Waals surface area (Å²) in [5, 5.41) is 0. The van der Waals surface area contributed by atoms with E-state index in [9.17, 15) is 19.2 Å². The number of esters is 4. The Balaban J connectivity index is 6.08. The molecule has 0 aliphatic heterocycles. The summed E-state index contributed by atoms with van der Waals surface area (Å²) in [6.07, 6.45) is -0.578. The fraction of sp³-hybridized carbons (Fsp3) is 0.417. The molecule has 9 heteroatoms. The number of hydrogen-bond donors (Lipinski definition) is 0. The first kappa shape index (κ1) is 19.2. The van der Waals surface area contributed by atoms with Gasteiger partial charge >= 0.3 is 131 Å². The van der Waals surface area contributed by atoms with Crippen LogP contribution in [0, 0.1) is 0 Å². The zero-order valence-electron chi connectivity index (χ0n) is 11.8. The number of hydrogen-bond acceptors (Lipinski definition) is 8. The second-order valence-electron chi connectivity index (χ2n) is 3.36. The summed E-state index contributed by atoms with van der Waals surface area (Å²) in [6, 6.07) is 0. The molecule has 0 saturated carbocycles. The molecule has 0 atom stereocenters. The zero-order chi connectivity index (χ0) is 16.6. The molecule has 0 amide bonds. The fourth-order valence-electron chi connectivity index (χ4n) is 1.22. The molecule has 0 aliphatic rings. The summed E-state index contributed by atoms with van der Waals surface area (Å²) < 4.78 is 17.6. The summed E-state index contributed by atoms with van der Waals surface area (Å²) in [6.45, 7) is 0. The first-order valence-corrected chi connectivity index (χ1v) is 6.16. The first-order valence-electron chi connectivity index (χ1n) is 5.38. The van der Waals surface area contributed by atoms with Gasteiger partial charge in [-0.25, -0.2) is 0 Å². The van der Waals surface area contributed by atoms with E-state index in [1.807, 2.05) is 0 Å². The maximum absolute atomic E-state index is 11.8. The summed E-state index contributed by atoms with van der Waals surface area (Å²) in [7, 11) is 4.31. The van der Waals surface area contributed by atoms with Gasteiger partial charge in [-0.3, -0.25) is 0 Å². The van der Waals surface area contributed by atoms with Crippen LogP contribution in [0.1, 0.15) is 6.42 Å². The number of carbonyl (C=O) groups is 4. The van der Waals surface area contributed by atoms with Gasteiger partial charge in [0, 0.05) is 0 Å². The minimum absolute atomic E-state index is 0.336. The number of rotatable bonds is 6. The van der Waals surface area contributed by atoms with Crippen molar-refractivity contribution in [1.29, 1.82) is 0 Å². The van der Waals surface area contributed by atoms with E-state index in [0.29, 0.717) is 0 Å². The van der Waals surface area contributed by atoms with Crippen LogP contribution in [-0.4, -0.2) is 56.3 Å². The van der Waals surface area contributed by atoms with E-state index in [1.165, 1.54) is 0 Å². The van der Waals surface area contributed by atoms with Crippen molar-refractivity contribution in [3.05, 3.63) is 11.1 Å². The van der Waals surface area contributed by atoms with Crippen molar-refractivity contribution in [2.45, 2.75) is 6.42 Å². The number of methoxy groups -OCH3 is 4. The third-order valence-corrected chi connectivity index (χ3v) is 2.93. The predicted octanol–water partition coefficient (Wildman–Crippen LogP) is -0.916. The van der Waals surface area contributed by atoms with Crippen molar-refractivity contribution in [3.8, 4) is 0 Å². The van der Waals surface area contributed by atoms with E-state index in [0.717, 1.165) is 28.4 Å². The van der Waals surface area contributed by atoms with Crippen molar-refractivity contribution < 1.29 is 56.9 Å². The third-order valence-electron chi connectivity index (χ3n) is 2.23. The molecule has 21 heavy (non-hydrogen) atoms. The molecule has 0 saturated heterocycles. The molecule has 0 spiro atoms. The van der Waals surface area contributed by atoms with E-state index in [4.69, 9.17) is 0 Å². The van der Waals surface area contributed by atoms with Gasteiger partial charge in [0.2, 0.25) is 0 Å². The van der Waals surface area contributed by atoms with Crippen molar-refractivity contribution in [2.24, 2.45) is 0 Å². The molecule has 120 valence electrons. The molecule has 0 radical (unpaired) electrons. The Morgan fingerprint density at radius 1 is 0.762 bits per heavy atom. The van der Waals surface area contributed by atoms with Crippen LogP contribution in [0.25, 0.3) is 0 Å². The Morgan fingerprint density at radius 3 is 1.62 bits per heavy atom. The second kappa shape index (κ2) is 9.16. The van der Waals surface area contributed by atoms with Crippen LogP contribution in [0.15, 0.2) is 11.1 Å². The van der Waals surface area contributed by atoms with Crippen molar-refractivity contribution in [3.63, 3.8) is 0 Å². The molecule has 0 aromatic carbocycles. The molecule has 0 N–H and O–H groups in total. The predicted molar refractivity (Wildman–Crippen MR) is 64.7 cm³/mol.